The lowest BCUT2D eigenvalue weighted by Crippen LogP contribution is -2.54. The zero-order valence-corrected chi connectivity index (χ0v) is 29.4. The largest absolute Gasteiger partial charge is 0.493 e. The van der Waals surface area contributed by atoms with Gasteiger partial charge < -0.3 is 34.3 Å². The zero-order chi connectivity index (χ0) is 35.6. The maximum Gasteiger partial charge on any atom is 0.410 e. The van der Waals surface area contributed by atoms with Crippen molar-refractivity contribution in [1.29, 1.82) is 0 Å². The summed E-state index contributed by atoms with van der Waals surface area (Å²) in [5, 5.41) is 21.3. The number of aryl methyl sites for hydroxylation is 1. The van der Waals surface area contributed by atoms with Crippen molar-refractivity contribution in [2.45, 2.75) is 96.9 Å². The minimum absolute atomic E-state index is 0.0560. The van der Waals surface area contributed by atoms with Gasteiger partial charge in [-0.1, -0.05) is 6.07 Å². The molecule has 0 saturated carbocycles. The number of hydrogen-bond donors (Lipinski definition) is 3. The summed E-state index contributed by atoms with van der Waals surface area (Å²) in [5.74, 6) is 0.361. The van der Waals surface area contributed by atoms with Gasteiger partial charge >= 0.3 is 6.09 Å². The van der Waals surface area contributed by atoms with E-state index in [1.807, 2.05) is 36.9 Å². The molecule has 2 unspecified atom stereocenters. The van der Waals surface area contributed by atoms with E-state index in [0.717, 1.165) is 35.2 Å². The molecular weight excluding hydrogens is 642 g/mol. The second-order valence-electron chi connectivity index (χ2n) is 14.2. The number of carbonyl (C=O) groups excluding carboxylic acids is 3. The molecule has 1 aromatic heterocycles. The normalized spacial score (nSPS) is 20.6. The molecule has 3 aromatic rings. The second-order valence-corrected chi connectivity index (χ2v) is 14.2. The summed E-state index contributed by atoms with van der Waals surface area (Å²) in [4.78, 5) is 43.9. The molecule has 2 fully saturated rings. The van der Waals surface area contributed by atoms with E-state index >= 15 is 0 Å². The Hall–Kier alpha value is -4.62. The lowest BCUT2D eigenvalue weighted by Gasteiger charge is -2.40. The van der Waals surface area contributed by atoms with Crippen molar-refractivity contribution in [3.63, 3.8) is 0 Å². The van der Waals surface area contributed by atoms with Gasteiger partial charge in [-0.2, -0.15) is 5.10 Å². The Morgan fingerprint density at radius 1 is 1.08 bits per heavy atom. The maximum atomic E-state index is 13.5. The fourth-order valence-corrected chi connectivity index (χ4v) is 6.87. The number of aliphatic hydroxyl groups excluding tert-OH is 1. The number of benzene rings is 2. The van der Waals surface area contributed by atoms with E-state index in [1.165, 1.54) is 4.90 Å². The summed E-state index contributed by atoms with van der Waals surface area (Å²) >= 11 is 0. The molecule has 3 aliphatic heterocycles. The van der Waals surface area contributed by atoms with Crippen LogP contribution < -0.4 is 14.8 Å². The third-order valence-electron chi connectivity index (χ3n) is 9.46. The van der Waals surface area contributed by atoms with E-state index in [0.29, 0.717) is 44.2 Å². The van der Waals surface area contributed by atoms with Gasteiger partial charge in [0.05, 0.1) is 61.5 Å². The van der Waals surface area contributed by atoms with Crippen LogP contribution in [0.3, 0.4) is 0 Å². The molecule has 6 rings (SSSR count). The first kappa shape index (κ1) is 35.2. The van der Waals surface area contributed by atoms with Crippen LogP contribution in [0, 0.1) is 6.92 Å². The molecule has 2 saturated heterocycles. The molecule has 0 spiro atoms. The number of rotatable bonds is 10. The molecule has 3 N–H and O–H groups in total. The smallest absolute Gasteiger partial charge is 0.410 e. The number of ether oxygens (including phenoxy) is 4. The summed E-state index contributed by atoms with van der Waals surface area (Å²) < 4.78 is 23.2. The Balaban J connectivity index is 1.15. The number of nitrogens with one attached hydrogen (secondary N) is 2. The van der Waals surface area contributed by atoms with Crippen molar-refractivity contribution in [3.8, 4) is 11.5 Å². The highest BCUT2D eigenvalue weighted by Gasteiger charge is 2.41. The molecule has 3 aliphatic rings. The third-order valence-corrected chi connectivity index (χ3v) is 9.46. The van der Waals surface area contributed by atoms with Crippen LogP contribution in [-0.2, 0) is 29.0 Å². The number of amides is 3. The first-order chi connectivity index (χ1) is 23.9. The Kier molecular flexibility index (Phi) is 10.4. The maximum absolute atomic E-state index is 13.5. The molecule has 0 aliphatic carbocycles. The van der Waals surface area contributed by atoms with Gasteiger partial charge in [0.1, 0.15) is 23.7 Å². The number of aliphatic hydroxyl groups is 1. The Labute approximate surface area is 292 Å². The van der Waals surface area contributed by atoms with Gasteiger partial charge in [0.15, 0.2) is 0 Å². The van der Waals surface area contributed by atoms with Crippen LogP contribution >= 0.6 is 0 Å². The monoisotopic (exact) mass is 689 g/mol. The molecular formula is C37H47N5O8. The molecule has 2 aromatic carbocycles. The topological polar surface area (TPSA) is 156 Å². The minimum Gasteiger partial charge on any atom is -0.493 e. The van der Waals surface area contributed by atoms with Crippen molar-refractivity contribution in [2.24, 2.45) is 0 Å². The van der Waals surface area contributed by atoms with E-state index in [2.05, 4.69) is 15.5 Å². The van der Waals surface area contributed by atoms with Crippen LogP contribution in [0.4, 0.5) is 4.79 Å². The lowest BCUT2D eigenvalue weighted by molar-refractivity contribution is -0.0113. The van der Waals surface area contributed by atoms with Crippen molar-refractivity contribution < 1.29 is 38.4 Å². The standard InChI is InChI=1S/C37H47N5O8/c1-6-48-33-15-24(35(45)42-26-9-10-27(42)20-47-19-26)8-12-29(33)34(44)38-17-32(43)31-14-23-7-11-28(49-21-30-22(2)16-39-40-30)13-25(23)18-41(31)36(46)50-37(3,4)5/h7-8,11-13,15-16,26-27,31-32,43H,6,9-10,14,17-21H2,1-5H3,(H,38,44)(H,39,40)/t26?,27?,31-,32+/m0/s1. The second kappa shape index (κ2) is 14.7. The van der Waals surface area contributed by atoms with Crippen LogP contribution in [0.1, 0.15) is 83.6 Å². The first-order valence-corrected chi connectivity index (χ1v) is 17.3. The zero-order valence-electron chi connectivity index (χ0n) is 29.4. The molecule has 2 bridgehead atoms. The minimum atomic E-state index is -1.12. The van der Waals surface area contributed by atoms with Crippen molar-refractivity contribution >= 4 is 17.9 Å². The summed E-state index contributed by atoms with van der Waals surface area (Å²) in [5.41, 5.74) is 3.65. The number of nitrogens with zero attached hydrogens (tertiary/aromatic N) is 3. The SMILES string of the molecule is CCOc1cc(C(=O)N2C3CCC2COC3)ccc1C(=O)NC[C@@H](O)[C@@H]1Cc2ccc(OCc3[nH]ncc3C)cc2CN1C(=O)OC(C)(C)C. The number of hydrogen-bond acceptors (Lipinski definition) is 9. The number of fused-ring (bicyclic) bond motifs is 3. The number of carbonyl (C=O) groups is 3. The van der Waals surface area contributed by atoms with Crippen LogP contribution in [0.25, 0.3) is 0 Å². The molecule has 0 radical (unpaired) electrons. The summed E-state index contributed by atoms with van der Waals surface area (Å²) in [6, 6.07) is 9.98. The fourth-order valence-electron chi connectivity index (χ4n) is 6.87. The quantitative estimate of drug-likeness (QED) is 0.285. The van der Waals surface area contributed by atoms with Gasteiger partial charge in [0, 0.05) is 18.7 Å². The molecule has 3 amide bonds. The molecule has 4 heterocycles. The van der Waals surface area contributed by atoms with Gasteiger partial charge in [0.2, 0.25) is 0 Å². The highest BCUT2D eigenvalue weighted by molar-refractivity contribution is 6.00. The highest BCUT2D eigenvalue weighted by atomic mass is 16.6. The van der Waals surface area contributed by atoms with Gasteiger partial charge in [0.25, 0.3) is 11.8 Å². The Bertz CT molecular complexity index is 1700. The molecule has 13 heteroatoms. The molecule has 50 heavy (non-hydrogen) atoms. The highest BCUT2D eigenvalue weighted by Crippen LogP contribution is 2.33. The molecule has 268 valence electrons. The third kappa shape index (κ3) is 7.73. The average molecular weight is 690 g/mol. The van der Waals surface area contributed by atoms with E-state index < -0.39 is 29.7 Å². The van der Waals surface area contributed by atoms with Gasteiger partial charge in [-0.25, -0.2) is 4.79 Å². The number of morpholine rings is 1. The first-order valence-electron chi connectivity index (χ1n) is 17.3. The van der Waals surface area contributed by atoms with Crippen molar-refractivity contribution in [1.82, 2.24) is 25.3 Å². The van der Waals surface area contributed by atoms with Crippen LogP contribution in [0.15, 0.2) is 42.6 Å². The number of H-pyrrole nitrogens is 1. The molecule has 13 nitrogen and oxygen atoms in total. The van der Waals surface area contributed by atoms with Crippen LogP contribution in [0.5, 0.6) is 11.5 Å². The summed E-state index contributed by atoms with van der Waals surface area (Å²) in [7, 11) is 0. The lowest BCUT2D eigenvalue weighted by atomic mass is 9.91. The van der Waals surface area contributed by atoms with Crippen molar-refractivity contribution in [3.05, 3.63) is 76.1 Å². The summed E-state index contributed by atoms with van der Waals surface area (Å²) in [6.45, 7) is 10.9. The predicted molar refractivity (Wildman–Crippen MR) is 183 cm³/mol. The van der Waals surface area contributed by atoms with Gasteiger partial charge in [-0.3, -0.25) is 19.6 Å². The molecule has 4 atom stereocenters. The Morgan fingerprint density at radius 3 is 2.52 bits per heavy atom. The predicted octanol–water partition coefficient (Wildman–Crippen LogP) is 4.15. The fraction of sp³-hybridized carbons (Fsp3) is 0.514. The van der Waals surface area contributed by atoms with Gasteiger partial charge in [-0.05, 0) is 101 Å². The van der Waals surface area contributed by atoms with Crippen molar-refractivity contribution in [2.75, 3.05) is 26.4 Å². The number of aromatic amines is 1. The average Bonchev–Trinajstić information content (AvgIpc) is 3.61. The van der Waals surface area contributed by atoms with E-state index in [-0.39, 0.29) is 42.4 Å². The van der Waals surface area contributed by atoms with Gasteiger partial charge in [-0.15, -0.1) is 0 Å². The van der Waals surface area contributed by atoms with E-state index in [1.54, 1.807) is 45.2 Å². The van der Waals surface area contributed by atoms with Crippen LogP contribution in [0.2, 0.25) is 0 Å². The van der Waals surface area contributed by atoms with Crippen LogP contribution in [-0.4, -0.2) is 99.2 Å². The van der Waals surface area contributed by atoms with E-state index in [9.17, 15) is 19.5 Å². The van der Waals surface area contributed by atoms with E-state index in [4.69, 9.17) is 18.9 Å². The number of aromatic nitrogens is 2. The Morgan fingerprint density at radius 2 is 1.84 bits per heavy atom. The summed E-state index contributed by atoms with van der Waals surface area (Å²) in [6.07, 6.45) is 2.23.